The summed E-state index contributed by atoms with van der Waals surface area (Å²) in [5, 5.41) is 11.6. The van der Waals surface area contributed by atoms with Crippen molar-refractivity contribution in [1.29, 1.82) is 0 Å². The Morgan fingerprint density at radius 2 is 2.00 bits per heavy atom. The van der Waals surface area contributed by atoms with Crippen LogP contribution in [0.5, 0.6) is 0 Å². The van der Waals surface area contributed by atoms with E-state index in [-0.39, 0.29) is 18.8 Å². The smallest absolute Gasteiger partial charge is 0.334 e. The van der Waals surface area contributed by atoms with Crippen LogP contribution in [0.1, 0.15) is 21.7 Å². The van der Waals surface area contributed by atoms with Crippen molar-refractivity contribution in [2.75, 3.05) is 13.7 Å². The van der Waals surface area contributed by atoms with Gasteiger partial charge in [0.05, 0.1) is 12.8 Å². The average Bonchev–Trinajstić information content (AvgIpc) is 3.21. The molecular formula is C19H20N2O6. The van der Waals surface area contributed by atoms with E-state index in [4.69, 9.17) is 14.3 Å². The van der Waals surface area contributed by atoms with Crippen molar-refractivity contribution >= 4 is 17.8 Å². The molecule has 0 saturated heterocycles. The molecule has 0 spiro atoms. The first-order valence-electron chi connectivity index (χ1n) is 8.45. The molecule has 27 heavy (non-hydrogen) atoms. The number of amides is 2. The number of hydrogen-bond acceptors (Lipinski definition) is 5. The number of carbonyl (C=O) groups excluding carboxylic acids is 2. The third-order valence-corrected chi connectivity index (χ3v) is 4.57. The van der Waals surface area contributed by atoms with Crippen molar-refractivity contribution in [3.8, 4) is 0 Å². The molecule has 1 aromatic heterocycles. The molecule has 1 aliphatic heterocycles. The number of fused-ring (bicyclic) bond motifs is 1. The number of benzene rings is 1. The van der Waals surface area contributed by atoms with Gasteiger partial charge in [0.2, 0.25) is 5.91 Å². The molecule has 2 amide bonds. The number of carboxylic acids is 1. The molecule has 0 saturated carbocycles. The molecule has 1 aliphatic rings. The minimum atomic E-state index is -1.17. The Balaban J connectivity index is 1.82. The summed E-state index contributed by atoms with van der Waals surface area (Å²) in [6, 6.07) is 9.97. The molecule has 2 N–H and O–H groups in total. The van der Waals surface area contributed by atoms with Crippen molar-refractivity contribution in [2.24, 2.45) is 0 Å². The predicted octanol–water partition coefficient (Wildman–Crippen LogP) is 1.06. The van der Waals surface area contributed by atoms with Gasteiger partial charge >= 0.3 is 5.97 Å². The quantitative estimate of drug-likeness (QED) is 0.785. The van der Waals surface area contributed by atoms with Crippen LogP contribution in [0.2, 0.25) is 0 Å². The zero-order valence-electron chi connectivity index (χ0n) is 14.8. The molecule has 2 heterocycles. The number of rotatable bonds is 6. The van der Waals surface area contributed by atoms with Crippen LogP contribution < -0.4 is 5.32 Å². The number of carboxylic acid groups (broad SMARTS) is 1. The van der Waals surface area contributed by atoms with Gasteiger partial charge in [-0.25, -0.2) is 4.79 Å². The van der Waals surface area contributed by atoms with Gasteiger partial charge in [0.1, 0.15) is 6.04 Å². The molecule has 2 atom stereocenters. The lowest BCUT2D eigenvalue weighted by Gasteiger charge is -2.35. The number of ether oxygens (including phenoxy) is 1. The molecule has 142 valence electrons. The van der Waals surface area contributed by atoms with Gasteiger partial charge in [-0.3, -0.25) is 9.59 Å². The van der Waals surface area contributed by atoms with E-state index in [1.165, 1.54) is 18.3 Å². The molecule has 0 fully saturated rings. The van der Waals surface area contributed by atoms with Gasteiger partial charge in [-0.05, 0) is 23.3 Å². The van der Waals surface area contributed by atoms with Crippen molar-refractivity contribution < 1.29 is 28.6 Å². The Bertz CT molecular complexity index is 832. The summed E-state index contributed by atoms with van der Waals surface area (Å²) in [6.07, 6.45) is 0.578. The Hall–Kier alpha value is -3.13. The standard InChI is InChI=1S/C19H20N2O6/c1-26-16(19(24)25)10-20-17(22)14-9-12-5-2-3-6-13(12)11-21(14)18(23)15-7-4-8-27-15/h2-8,14,16H,9-11H2,1H3,(H,20,22)(H,24,25). The lowest BCUT2D eigenvalue weighted by Crippen LogP contribution is -2.54. The van der Waals surface area contributed by atoms with Gasteiger partial charge in [-0.15, -0.1) is 0 Å². The monoisotopic (exact) mass is 372 g/mol. The topological polar surface area (TPSA) is 109 Å². The second kappa shape index (κ2) is 8.05. The Morgan fingerprint density at radius 3 is 2.63 bits per heavy atom. The number of hydrogen-bond donors (Lipinski definition) is 2. The van der Waals surface area contributed by atoms with Crippen molar-refractivity contribution in [3.63, 3.8) is 0 Å². The fourth-order valence-corrected chi connectivity index (χ4v) is 3.10. The van der Waals surface area contributed by atoms with E-state index in [9.17, 15) is 14.4 Å². The van der Waals surface area contributed by atoms with Crippen LogP contribution in [0, 0.1) is 0 Å². The lowest BCUT2D eigenvalue weighted by molar-refractivity contribution is -0.148. The molecule has 3 rings (SSSR count). The van der Waals surface area contributed by atoms with Crippen molar-refractivity contribution in [1.82, 2.24) is 10.2 Å². The number of aliphatic carboxylic acids is 1. The molecule has 2 aromatic rings. The second-order valence-corrected chi connectivity index (χ2v) is 6.21. The Labute approximate surface area is 155 Å². The highest BCUT2D eigenvalue weighted by molar-refractivity contribution is 5.96. The van der Waals surface area contributed by atoms with Gasteiger partial charge in [-0.1, -0.05) is 24.3 Å². The van der Waals surface area contributed by atoms with Crippen molar-refractivity contribution in [2.45, 2.75) is 25.1 Å². The summed E-state index contributed by atoms with van der Waals surface area (Å²) in [7, 11) is 1.26. The van der Waals surface area contributed by atoms with Crippen LogP contribution >= 0.6 is 0 Å². The summed E-state index contributed by atoms with van der Waals surface area (Å²) < 4.78 is 10.0. The largest absolute Gasteiger partial charge is 0.479 e. The zero-order valence-corrected chi connectivity index (χ0v) is 14.8. The van der Waals surface area contributed by atoms with Crippen LogP contribution in [0.4, 0.5) is 0 Å². The van der Waals surface area contributed by atoms with Crippen LogP contribution in [0.3, 0.4) is 0 Å². The molecule has 0 aliphatic carbocycles. The van der Waals surface area contributed by atoms with E-state index in [1.807, 2.05) is 24.3 Å². The van der Waals surface area contributed by atoms with Gasteiger partial charge in [-0.2, -0.15) is 0 Å². The maximum Gasteiger partial charge on any atom is 0.334 e. The highest BCUT2D eigenvalue weighted by Gasteiger charge is 2.36. The summed E-state index contributed by atoms with van der Waals surface area (Å²) in [5.41, 5.74) is 1.93. The van der Waals surface area contributed by atoms with Crippen LogP contribution in [-0.2, 0) is 27.3 Å². The predicted molar refractivity (Wildman–Crippen MR) is 94.0 cm³/mol. The second-order valence-electron chi connectivity index (χ2n) is 6.21. The number of furan rings is 1. The molecular weight excluding hydrogens is 352 g/mol. The van der Waals surface area contributed by atoms with Crippen LogP contribution in [0.25, 0.3) is 0 Å². The van der Waals surface area contributed by atoms with Gasteiger partial charge in [0.15, 0.2) is 11.9 Å². The summed E-state index contributed by atoms with van der Waals surface area (Å²) in [6.45, 7) is 0.0754. The molecule has 1 aromatic carbocycles. The highest BCUT2D eigenvalue weighted by atomic mass is 16.5. The van der Waals surface area contributed by atoms with Crippen LogP contribution in [-0.4, -0.2) is 53.6 Å². The first-order valence-corrected chi connectivity index (χ1v) is 8.45. The fraction of sp³-hybridized carbons (Fsp3) is 0.316. The summed E-state index contributed by atoms with van der Waals surface area (Å²) >= 11 is 0. The molecule has 8 nitrogen and oxygen atoms in total. The third-order valence-electron chi connectivity index (χ3n) is 4.57. The SMILES string of the molecule is COC(CNC(=O)C1Cc2ccccc2CN1C(=O)c1ccco1)C(=O)O. The lowest BCUT2D eigenvalue weighted by atomic mass is 9.93. The highest BCUT2D eigenvalue weighted by Crippen LogP contribution is 2.25. The maximum absolute atomic E-state index is 12.8. The van der Waals surface area contributed by atoms with E-state index in [0.717, 1.165) is 11.1 Å². The van der Waals surface area contributed by atoms with E-state index >= 15 is 0 Å². The van der Waals surface area contributed by atoms with E-state index in [2.05, 4.69) is 5.32 Å². The molecule has 2 unspecified atom stereocenters. The van der Waals surface area contributed by atoms with E-state index in [1.54, 1.807) is 12.1 Å². The van der Waals surface area contributed by atoms with Gasteiger partial charge in [0.25, 0.3) is 5.91 Å². The maximum atomic E-state index is 12.8. The van der Waals surface area contributed by atoms with Gasteiger partial charge < -0.3 is 24.5 Å². The van der Waals surface area contributed by atoms with E-state index < -0.39 is 29.9 Å². The zero-order chi connectivity index (χ0) is 19.4. The average molecular weight is 372 g/mol. The number of methoxy groups -OCH3 is 1. The first-order chi connectivity index (χ1) is 13.0. The number of nitrogens with one attached hydrogen (secondary N) is 1. The molecule has 8 heteroatoms. The molecule has 0 bridgehead atoms. The number of nitrogens with zero attached hydrogens (tertiary/aromatic N) is 1. The minimum Gasteiger partial charge on any atom is -0.479 e. The third kappa shape index (κ3) is 4.01. The first kappa shape index (κ1) is 18.7. The van der Waals surface area contributed by atoms with Crippen LogP contribution in [0.15, 0.2) is 47.1 Å². The normalized spacial score (nSPS) is 17.1. The Morgan fingerprint density at radius 1 is 1.26 bits per heavy atom. The number of carbonyl (C=O) groups is 3. The minimum absolute atomic E-state index is 0.146. The van der Waals surface area contributed by atoms with Gasteiger partial charge in [0, 0.05) is 20.1 Å². The summed E-state index contributed by atoms with van der Waals surface area (Å²) in [4.78, 5) is 38.1. The molecule has 0 radical (unpaired) electrons. The summed E-state index contributed by atoms with van der Waals surface area (Å²) in [5.74, 6) is -1.85. The van der Waals surface area contributed by atoms with E-state index in [0.29, 0.717) is 6.42 Å². The Kier molecular flexibility index (Phi) is 5.56. The fourth-order valence-electron chi connectivity index (χ4n) is 3.10. The van der Waals surface area contributed by atoms with Crippen molar-refractivity contribution in [3.05, 3.63) is 59.5 Å².